The van der Waals surface area contributed by atoms with Crippen LogP contribution in [-0.2, 0) is 32.1 Å². The van der Waals surface area contributed by atoms with E-state index in [1.807, 2.05) is 84.9 Å². The second kappa shape index (κ2) is 19.9. The predicted molar refractivity (Wildman–Crippen MR) is 254 cm³/mol. The number of rotatable bonds is 10. The van der Waals surface area contributed by atoms with Gasteiger partial charge in [-0.3, -0.25) is 14.5 Å². The van der Waals surface area contributed by atoms with Crippen molar-refractivity contribution in [1.82, 2.24) is 9.80 Å². The maximum Gasteiger partial charge on any atom is 0.170 e. The third kappa shape index (κ3) is 9.62. The molecule has 1 fully saturated rings. The molecule has 0 amide bonds. The lowest BCUT2D eigenvalue weighted by Crippen LogP contribution is -2.42. The number of ketones is 2. The average molecular weight is 951 g/mol. The van der Waals surface area contributed by atoms with Gasteiger partial charge in [0, 0.05) is 56.9 Å². The molecule has 0 unspecified atom stereocenters. The highest BCUT2D eigenvalue weighted by atomic mass is 79.9. The molecule has 4 aromatic carbocycles. The van der Waals surface area contributed by atoms with Crippen molar-refractivity contribution in [3.05, 3.63) is 139 Å². The number of nitrogens with one attached hydrogen (secondary N) is 2. The van der Waals surface area contributed by atoms with Crippen LogP contribution in [0.2, 0.25) is 0 Å². The number of carbonyl (C=O) groups excluding carboxylic acids is 2. The molecule has 0 bridgehead atoms. The summed E-state index contributed by atoms with van der Waals surface area (Å²) in [6.45, 7) is 6.29. The Kier molecular flexibility index (Phi) is 14.4. The number of halogens is 2. The van der Waals surface area contributed by atoms with Crippen LogP contribution in [0, 0.1) is 0 Å². The lowest BCUT2D eigenvalue weighted by atomic mass is 10.0. The largest absolute Gasteiger partial charge is 0.395 e. The topological polar surface area (TPSA) is 108 Å². The minimum absolute atomic E-state index is 0. The maximum atomic E-state index is 13.0. The number of hydrogen-bond donors (Lipinski definition) is 2. The number of Topliss-reactive ketones (excluding diaryl/α,β-unsaturated/α-hetero) is 2. The monoisotopic (exact) mass is 948 g/mol. The van der Waals surface area contributed by atoms with Crippen LogP contribution in [0.1, 0.15) is 79.8 Å². The van der Waals surface area contributed by atoms with E-state index in [1.165, 1.54) is 12.8 Å². The number of anilines is 2. The van der Waals surface area contributed by atoms with E-state index in [0.717, 1.165) is 104 Å². The minimum atomic E-state index is 0. The van der Waals surface area contributed by atoms with E-state index >= 15 is 0 Å². The van der Waals surface area contributed by atoms with Crippen molar-refractivity contribution < 1.29 is 19.3 Å². The molecule has 4 aromatic rings. The number of oxime groups is 2. The van der Waals surface area contributed by atoms with E-state index in [2.05, 4.69) is 83.6 Å². The van der Waals surface area contributed by atoms with Crippen molar-refractivity contribution in [3.8, 4) is 0 Å². The second-order valence-corrected chi connectivity index (χ2v) is 17.8. The zero-order valence-corrected chi connectivity index (χ0v) is 37.5. The van der Waals surface area contributed by atoms with Gasteiger partial charge in [-0.1, -0.05) is 118 Å². The van der Waals surface area contributed by atoms with Gasteiger partial charge in [0.1, 0.15) is 24.6 Å². The van der Waals surface area contributed by atoms with Gasteiger partial charge in [0.15, 0.2) is 11.6 Å². The molecule has 0 radical (unpaired) electrons. The number of nitrogens with zero attached hydrogens (tertiary/aromatic N) is 4. The third-order valence-electron chi connectivity index (χ3n) is 11.7. The van der Waals surface area contributed by atoms with Gasteiger partial charge >= 0.3 is 0 Å². The Labute approximate surface area is 376 Å². The smallest absolute Gasteiger partial charge is 0.170 e. The quantitative estimate of drug-likeness (QED) is 0.0920. The lowest BCUT2D eigenvalue weighted by molar-refractivity contribution is -0.113. The molecule has 0 saturated carbocycles. The molecule has 9 rings (SSSR count). The Morgan fingerprint density at radius 1 is 0.689 bits per heavy atom. The number of piperidine rings is 1. The molecule has 2 N–H and O–H groups in total. The first-order valence-electron chi connectivity index (χ1n) is 20.8. The molecule has 0 atom stereocenters. The second-order valence-electron chi connectivity index (χ2n) is 15.9. The Bertz CT molecular complexity index is 2430. The van der Waals surface area contributed by atoms with Crippen LogP contribution in [-0.4, -0.2) is 85.8 Å². The Hall–Kier alpha value is -4.88. The van der Waals surface area contributed by atoms with Crippen LogP contribution < -0.4 is 10.6 Å². The number of allylic oxidation sites excluding steroid dienone is 4. The van der Waals surface area contributed by atoms with Gasteiger partial charge in [0.2, 0.25) is 0 Å². The predicted octanol–water partition coefficient (Wildman–Crippen LogP) is 10.1. The maximum absolute atomic E-state index is 13.0. The third-order valence-corrected chi connectivity index (χ3v) is 12.7. The van der Waals surface area contributed by atoms with Crippen molar-refractivity contribution in [2.45, 2.75) is 65.3 Å². The Balaban J connectivity index is 0.000000185. The van der Waals surface area contributed by atoms with Crippen LogP contribution in [0.15, 0.2) is 116 Å². The Morgan fingerprint density at radius 2 is 1.18 bits per heavy atom. The molecular weight excluding hydrogens is 896 g/mol. The first-order chi connectivity index (χ1) is 29.2. The summed E-state index contributed by atoms with van der Waals surface area (Å²) in [6.07, 6.45) is 6.44. The van der Waals surface area contributed by atoms with Crippen LogP contribution in [0.5, 0.6) is 0 Å². The number of carbonyl (C=O) groups is 2. The van der Waals surface area contributed by atoms with E-state index in [0.29, 0.717) is 54.7 Å². The highest BCUT2D eigenvalue weighted by Gasteiger charge is 2.36. The van der Waals surface area contributed by atoms with Gasteiger partial charge in [0.25, 0.3) is 0 Å². The molecule has 2 aliphatic carbocycles. The van der Waals surface area contributed by atoms with Crippen LogP contribution in [0.3, 0.4) is 0 Å². The van der Waals surface area contributed by atoms with E-state index in [1.54, 1.807) is 0 Å². The van der Waals surface area contributed by atoms with E-state index in [-0.39, 0.29) is 19.0 Å². The summed E-state index contributed by atoms with van der Waals surface area (Å²) in [7, 11) is 4.32. The first-order valence-corrected chi connectivity index (χ1v) is 22.4. The molecule has 3 heterocycles. The molecule has 61 heavy (non-hydrogen) atoms. The molecule has 3 aliphatic heterocycles. The van der Waals surface area contributed by atoms with E-state index in [9.17, 15) is 9.59 Å². The number of para-hydroxylation sites is 2. The summed E-state index contributed by atoms with van der Waals surface area (Å²) >= 11 is 7.07. The zero-order valence-electron chi connectivity index (χ0n) is 34.3. The summed E-state index contributed by atoms with van der Waals surface area (Å²) in [5, 5.41) is 15.8. The molecule has 12 heteroatoms. The van der Waals surface area contributed by atoms with Gasteiger partial charge in [-0.2, -0.15) is 0 Å². The average Bonchev–Trinajstić information content (AvgIpc) is 3.98. The molecule has 10 nitrogen and oxygen atoms in total. The van der Waals surface area contributed by atoms with Crippen molar-refractivity contribution in [2.75, 3.05) is 57.6 Å². The highest BCUT2D eigenvalue weighted by molar-refractivity contribution is 9.10. The van der Waals surface area contributed by atoms with Crippen molar-refractivity contribution in [3.63, 3.8) is 0 Å². The number of unbranched alkanes of at least 4 members (excludes halogenated alkanes) is 2. The summed E-state index contributed by atoms with van der Waals surface area (Å²) in [5.41, 5.74) is 12.1. The molecule has 1 saturated heterocycles. The van der Waals surface area contributed by atoms with Crippen LogP contribution in [0.25, 0.3) is 11.1 Å². The Morgan fingerprint density at radius 3 is 1.67 bits per heavy atom. The number of fused-ring (bicyclic) bond motifs is 4. The zero-order chi connectivity index (χ0) is 41.8. The van der Waals surface area contributed by atoms with E-state index < -0.39 is 0 Å². The van der Waals surface area contributed by atoms with Crippen LogP contribution >= 0.6 is 31.9 Å². The van der Waals surface area contributed by atoms with E-state index in [4.69, 9.17) is 9.68 Å². The molecule has 5 aliphatic rings. The van der Waals surface area contributed by atoms with Gasteiger partial charge in [-0.15, -0.1) is 0 Å². The van der Waals surface area contributed by atoms with Crippen molar-refractivity contribution in [2.24, 2.45) is 10.3 Å². The molecule has 0 spiro atoms. The lowest BCUT2D eigenvalue weighted by Gasteiger charge is -2.34. The summed E-state index contributed by atoms with van der Waals surface area (Å²) in [6, 6.07) is 28.6. The summed E-state index contributed by atoms with van der Waals surface area (Å²) in [5.74, 6) is 0.215. The standard InChI is InChI=1S/C26H29BrN4O2.C22H21BrN2O2.CH4/c1-30(2)19-9-11-31(12-10-19)13-14-33-29-25-20-5-3-4-6-22(20)28-26(25)24-21-16-18(27)8-7-17(21)15-23(24)32;1-2-3-6-11-27-25-21-16-7-4-5-8-18(16)24-22(21)20-17-13-15(23)10-9-14(17)12-19(20)26;/h3-8,16,19,28H,9-15H2,1-2H3;4-5,7-10,13,24H,2-3,6,11-12H2,1H3;1H4/b26-24-,29-25+;22-20-,25-21+;. The summed E-state index contributed by atoms with van der Waals surface area (Å²) in [4.78, 5) is 42.0. The van der Waals surface area contributed by atoms with Gasteiger partial charge in [0.05, 0.1) is 22.5 Å². The fraction of sp³-hybridized carbons (Fsp3) is 0.347. The van der Waals surface area contributed by atoms with Crippen molar-refractivity contribution in [1.29, 1.82) is 0 Å². The van der Waals surface area contributed by atoms with Crippen molar-refractivity contribution >= 4 is 77.4 Å². The molecular formula is C49H54Br2N6O4. The number of likely N-dealkylation sites (tertiary alicyclic amines) is 1. The molecule has 0 aromatic heterocycles. The van der Waals surface area contributed by atoms with Gasteiger partial charge in [-0.25, -0.2) is 0 Å². The fourth-order valence-corrected chi connectivity index (χ4v) is 9.24. The minimum Gasteiger partial charge on any atom is -0.395 e. The number of hydrogen-bond acceptors (Lipinski definition) is 10. The number of benzene rings is 4. The first kappa shape index (κ1) is 44.2. The summed E-state index contributed by atoms with van der Waals surface area (Å²) < 4.78 is 1.91. The fourth-order valence-electron chi connectivity index (χ4n) is 8.51. The van der Waals surface area contributed by atoms with Gasteiger partial charge in [-0.05, 0) is 105 Å². The van der Waals surface area contributed by atoms with Crippen LogP contribution in [0.4, 0.5) is 11.4 Å². The normalized spacial score (nSPS) is 20.4. The van der Waals surface area contributed by atoms with Gasteiger partial charge < -0.3 is 25.2 Å². The SMILES string of the molecule is C.CCCCCO/N=C1/C(=C2/C(=O)Cc3ccc(Br)cc32)Nc2ccccc21.CN(C)C1CCN(CCO/N=C2/C(=C3/C(=O)Cc4ccc(Br)cc43)Nc3ccccc32)CC1. The molecule has 318 valence electrons. The highest BCUT2D eigenvalue weighted by Crippen LogP contribution is 2.41.